The zero-order valence-electron chi connectivity index (χ0n) is 9.74. The third-order valence-corrected chi connectivity index (χ3v) is 3.16. The molecule has 9 heteroatoms. The molecule has 0 saturated heterocycles. The van der Waals surface area contributed by atoms with Gasteiger partial charge in [-0.3, -0.25) is 4.68 Å². The lowest BCUT2D eigenvalue weighted by Gasteiger charge is -2.03. The molecule has 1 N–H and O–H groups in total. The smallest absolute Gasteiger partial charge is 0.209 e. The summed E-state index contributed by atoms with van der Waals surface area (Å²) in [5.41, 5.74) is 0. The Morgan fingerprint density at radius 3 is 3.06 bits per heavy atom. The number of tetrazole rings is 1. The minimum absolute atomic E-state index is 0.705. The fraction of sp³-hybridized carbons (Fsp3) is 0.625. The van der Waals surface area contributed by atoms with Crippen molar-refractivity contribution in [3.05, 3.63) is 12.2 Å². The maximum Gasteiger partial charge on any atom is 0.209 e. The number of likely N-dealkylation sites (N-methyl/N-ethyl adjacent to an activating group) is 1. The van der Waals surface area contributed by atoms with Crippen LogP contribution in [0.4, 0.5) is 0 Å². The molecule has 2 aromatic heterocycles. The quantitative estimate of drug-likeness (QED) is 0.683. The molecule has 0 aliphatic heterocycles. The van der Waals surface area contributed by atoms with Gasteiger partial charge in [-0.2, -0.15) is 5.10 Å². The van der Waals surface area contributed by atoms with Gasteiger partial charge < -0.3 is 5.32 Å². The van der Waals surface area contributed by atoms with Crippen LogP contribution >= 0.6 is 11.8 Å². The van der Waals surface area contributed by atoms with Crippen LogP contribution in [0.1, 0.15) is 5.82 Å². The molecular formula is C8H14N8S. The van der Waals surface area contributed by atoms with Gasteiger partial charge >= 0.3 is 0 Å². The molecule has 2 rings (SSSR count). The van der Waals surface area contributed by atoms with E-state index in [0.717, 1.165) is 24.1 Å². The molecule has 0 spiro atoms. The molecule has 0 bridgehead atoms. The van der Waals surface area contributed by atoms with E-state index in [1.54, 1.807) is 27.5 Å². The molecule has 17 heavy (non-hydrogen) atoms. The van der Waals surface area contributed by atoms with E-state index in [2.05, 4.69) is 30.9 Å². The normalized spacial score (nSPS) is 10.9. The molecule has 8 nitrogen and oxygen atoms in total. The summed E-state index contributed by atoms with van der Waals surface area (Å²) in [6.07, 6.45) is 1.54. The minimum atomic E-state index is 0.705. The van der Waals surface area contributed by atoms with Crippen molar-refractivity contribution < 1.29 is 0 Å². The fourth-order valence-electron chi connectivity index (χ4n) is 1.24. The molecule has 92 valence electrons. The summed E-state index contributed by atoms with van der Waals surface area (Å²) in [4.78, 5) is 4.15. The summed E-state index contributed by atoms with van der Waals surface area (Å²) in [7, 11) is 3.77. The summed E-state index contributed by atoms with van der Waals surface area (Å²) in [5.74, 6) is 1.61. The number of hydrogen-bond acceptors (Lipinski definition) is 7. The Hall–Kier alpha value is -1.48. The zero-order chi connectivity index (χ0) is 12.1. The largest absolute Gasteiger partial charge is 0.318 e. The molecule has 0 radical (unpaired) electrons. The van der Waals surface area contributed by atoms with E-state index in [1.165, 1.54) is 0 Å². The zero-order valence-corrected chi connectivity index (χ0v) is 10.6. The van der Waals surface area contributed by atoms with E-state index in [1.807, 2.05) is 14.1 Å². The van der Waals surface area contributed by atoms with Gasteiger partial charge in [0.1, 0.15) is 12.2 Å². The first-order valence-corrected chi connectivity index (χ1v) is 6.16. The van der Waals surface area contributed by atoms with Crippen molar-refractivity contribution in [2.24, 2.45) is 7.05 Å². The Morgan fingerprint density at radius 1 is 1.47 bits per heavy atom. The van der Waals surface area contributed by atoms with E-state index in [4.69, 9.17) is 0 Å². The lowest BCUT2D eigenvalue weighted by Crippen LogP contribution is -2.16. The lowest BCUT2D eigenvalue weighted by molar-refractivity contribution is 0.529. The van der Waals surface area contributed by atoms with Crippen LogP contribution in [0.25, 0.3) is 0 Å². The summed E-state index contributed by atoms with van der Waals surface area (Å²) >= 11 is 1.55. The third-order valence-electron chi connectivity index (χ3n) is 2.21. The average Bonchev–Trinajstić information content (AvgIpc) is 2.93. The topological polar surface area (TPSA) is 86.3 Å². The molecule has 0 fully saturated rings. The molecule has 0 aliphatic rings. The number of aryl methyl sites for hydroxylation is 1. The first-order valence-electron chi connectivity index (χ1n) is 5.17. The van der Waals surface area contributed by atoms with Gasteiger partial charge in [0.15, 0.2) is 0 Å². The predicted molar refractivity (Wildman–Crippen MR) is 62.3 cm³/mol. The van der Waals surface area contributed by atoms with E-state index in [9.17, 15) is 0 Å². The van der Waals surface area contributed by atoms with Crippen LogP contribution in [0.3, 0.4) is 0 Å². The van der Waals surface area contributed by atoms with Crippen molar-refractivity contribution in [3.8, 4) is 0 Å². The van der Waals surface area contributed by atoms with E-state index < -0.39 is 0 Å². The Labute approximate surface area is 103 Å². The van der Waals surface area contributed by atoms with Crippen molar-refractivity contribution in [1.82, 2.24) is 40.3 Å². The molecule has 0 amide bonds. The monoisotopic (exact) mass is 254 g/mol. The van der Waals surface area contributed by atoms with Crippen LogP contribution in [0.2, 0.25) is 0 Å². The first kappa shape index (κ1) is 12.0. The van der Waals surface area contributed by atoms with E-state index in [-0.39, 0.29) is 0 Å². The highest BCUT2D eigenvalue weighted by atomic mass is 32.2. The van der Waals surface area contributed by atoms with Crippen molar-refractivity contribution in [1.29, 1.82) is 0 Å². The maximum atomic E-state index is 4.15. The lowest BCUT2D eigenvalue weighted by atomic mass is 10.6. The van der Waals surface area contributed by atoms with Gasteiger partial charge in [0.2, 0.25) is 5.16 Å². The Morgan fingerprint density at radius 2 is 2.35 bits per heavy atom. The molecule has 0 saturated carbocycles. The highest BCUT2D eigenvalue weighted by molar-refractivity contribution is 7.98. The Bertz CT molecular complexity index is 464. The van der Waals surface area contributed by atoms with Crippen molar-refractivity contribution >= 4 is 11.8 Å². The minimum Gasteiger partial charge on any atom is -0.318 e. The Balaban J connectivity index is 1.95. The number of nitrogens with one attached hydrogen (secondary N) is 1. The van der Waals surface area contributed by atoms with Gasteiger partial charge in [-0.15, -0.1) is 5.10 Å². The summed E-state index contributed by atoms with van der Waals surface area (Å²) in [5, 5.41) is 19.4. The van der Waals surface area contributed by atoms with Crippen LogP contribution in [0, 0.1) is 0 Å². The maximum absolute atomic E-state index is 4.15. The first-order chi connectivity index (χ1) is 8.31. The summed E-state index contributed by atoms with van der Waals surface area (Å²) in [6.45, 7) is 1.59. The van der Waals surface area contributed by atoms with Crippen molar-refractivity contribution in [3.63, 3.8) is 0 Å². The highest BCUT2D eigenvalue weighted by Gasteiger charge is 2.08. The van der Waals surface area contributed by atoms with Crippen LogP contribution in [-0.4, -0.2) is 48.6 Å². The fourth-order valence-corrected chi connectivity index (χ4v) is 2.13. The average molecular weight is 254 g/mol. The van der Waals surface area contributed by atoms with Gasteiger partial charge in [0.25, 0.3) is 0 Å². The second-order valence-electron chi connectivity index (χ2n) is 3.38. The molecule has 0 aliphatic carbocycles. The molecule has 2 aromatic rings. The van der Waals surface area contributed by atoms with Crippen LogP contribution < -0.4 is 5.32 Å². The number of rotatable bonds is 6. The molecule has 0 unspecified atom stereocenters. The molecule has 0 aromatic carbocycles. The molecule has 2 heterocycles. The number of hydrogen-bond donors (Lipinski definition) is 1. The van der Waals surface area contributed by atoms with Crippen LogP contribution in [-0.2, 0) is 19.3 Å². The van der Waals surface area contributed by atoms with Gasteiger partial charge in [0.05, 0.1) is 12.3 Å². The molecular weight excluding hydrogens is 240 g/mol. The summed E-state index contributed by atoms with van der Waals surface area (Å²) in [6, 6.07) is 0. The number of nitrogens with zero attached hydrogens (tertiary/aromatic N) is 7. The number of thioether (sulfide) groups is 1. The SMILES string of the molecule is CNCCn1nnnc1SCc1ncnn1C. The van der Waals surface area contributed by atoms with Gasteiger partial charge in [-0.25, -0.2) is 9.67 Å². The third kappa shape index (κ3) is 3.01. The van der Waals surface area contributed by atoms with Gasteiger partial charge in [-0.05, 0) is 17.5 Å². The highest BCUT2D eigenvalue weighted by Crippen LogP contribution is 2.17. The van der Waals surface area contributed by atoms with E-state index >= 15 is 0 Å². The number of aromatic nitrogens is 7. The van der Waals surface area contributed by atoms with Gasteiger partial charge in [-0.1, -0.05) is 11.8 Å². The van der Waals surface area contributed by atoms with Crippen molar-refractivity contribution in [2.45, 2.75) is 17.5 Å². The van der Waals surface area contributed by atoms with Gasteiger partial charge in [0, 0.05) is 13.6 Å². The predicted octanol–water partition coefficient (Wildman–Crippen LogP) is -0.687. The van der Waals surface area contributed by atoms with Crippen LogP contribution in [0.5, 0.6) is 0 Å². The van der Waals surface area contributed by atoms with Crippen LogP contribution in [0.15, 0.2) is 11.5 Å². The van der Waals surface area contributed by atoms with Crippen molar-refractivity contribution in [2.75, 3.05) is 13.6 Å². The Kier molecular flexibility index (Phi) is 4.04. The summed E-state index contributed by atoms with van der Waals surface area (Å²) < 4.78 is 3.52. The van der Waals surface area contributed by atoms with E-state index in [0.29, 0.717) is 5.75 Å². The standard InChI is InChI=1S/C8H14N8S/c1-9-3-4-16-8(12-13-14-16)17-5-7-10-6-11-15(7)2/h6,9H,3-5H2,1-2H3. The second-order valence-corrected chi connectivity index (χ2v) is 4.32. The second kappa shape index (κ2) is 5.73. The molecule has 0 atom stereocenters.